The zero-order chi connectivity index (χ0) is 18.4. The molecule has 0 spiro atoms. The number of hydrogen-bond donors (Lipinski definition) is 0. The monoisotopic (exact) mass is 372 g/mol. The molecule has 1 aliphatic rings. The number of benzene rings is 1. The molecule has 3 rings (SSSR count). The zero-order valence-corrected chi connectivity index (χ0v) is 15.8. The molecule has 2 amide bonds. The van der Waals surface area contributed by atoms with Crippen LogP contribution in [0.2, 0.25) is 0 Å². The number of hydrogen-bond acceptors (Lipinski definition) is 4. The number of rotatable bonds is 5. The van der Waals surface area contributed by atoms with E-state index >= 15 is 0 Å². The lowest BCUT2D eigenvalue weighted by Gasteiger charge is -2.22. The minimum atomic E-state index is 0.103. The quantitative estimate of drug-likeness (QED) is 0.811. The van der Waals surface area contributed by atoms with Gasteiger partial charge in [-0.2, -0.15) is 0 Å². The Morgan fingerprint density at radius 1 is 1.00 bits per heavy atom. The van der Waals surface area contributed by atoms with Crippen LogP contribution in [0.4, 0.5) is 0 Å². The van der Waals surface area contributed by atoms with Crippen LogP contribution in [-0.4, -0.2) is 54.9 Å². The van der Waals surface area contributed by atoms with Gasteiger partial charge in [-0.3, -0.25) is 9.59 Å². The molecule has 5 nitrogen and oxygen atoms in total. The predicted molar refractivity (Wildman–Crippen MR) is 102 cm³/mol. The predicted octanol–water partition coefficient (Wildman–Crippen LogP) is 2.60. The second kappa shape index (κ2) is 8.85. The molecule has 1 aromatic heterocycles. The highest BCUT2D eigenvalue weighted by molar-refractivity contribution is 7.10. The fourth-order valence-electron chi connectivity index (χ4n) is 3.16. The Kier molecular flexibility index (Phi) is 6.28. The molecule has 2 heterocycles. The van der Waals surface area contributed by atoms with Crippen LogP contribution in [0, 0.1) is 0 Å². The Morgan fingerprint density at radius 3 is 2.38 bits per heavy atom. The first-order valence-electron chi connectivity index (χ1n) is 8.86. The summed E-state index contributed by atoms with van der Waals surface area (Å²) in [4.78, 5) is 30.0. The number of carbonyl (C=O) groups excluding carboxylic acids is 2. The maximum Gasteiger partial charge on any atom is 0.227 e. The highest BCUT2D eigenvalue weighted by Gasteiger charge is 2.22. The number of thiophene rings is 1. The van der Waals surface area contributed by atoms with Crippen molar-refractivity contribution in [2.45, 2.75) is 19.3 Å². The fraction of sp³-hybridized carbons (Fsp3) is 0.400. The Labute approximate surface area is 158 Å². The van der Waals surface area contributed by atoms with Crippen LogP contribution in [0.25, 0.3) is 0 Å². The van der Waals surface area contributed by atoms with Crippen molar-refractivity contribution in [1.82, 2.24) is 9.80 Å². The molecule has 26 heavy (non-hydrogen) atoms. The Morgan fingerprint density at radius 2 is 1.73 bits per heavy atom. The highest BCUT2D eigenvalue weighted by Crippen LogP contribution is 2.15. The van der Waals surface area contributed by atoms with Crippen molar-refractivity contribution >= 4 is 23.2 Å². The second-order valence-electron chi connectivity index (χ2n) is 6.40. The summed E-state index contributed by atoms with van der Waals surface area (Å²) in [7, 11) is 1.62. The first-order chi connectivity index (χ1) is 12.7. The van der Waals surface area contributed by atoms with Crippen molar-refractivity contribution in [2.24, 2.45) is 0 Å². The summed E-state index contributed by atoms with van der Waals surface area (Å²) in [6, 6.07) is 11.6. The SMILES string of the molecule is COc1cccc(CC(=O)N2CCCN(C(=O)Cc3cccs3)CC2)c1. The van der Waals surface area contributed by atoms with Crippen molar-refractivity contribution < 1.29 is 14.3 Å². The van der Waals surface area contributed by atoms with E-state index < -0.39 is 0 Å². The summed E-state index contributed by atoms with van der Waals surface area (Å²) < 4.78 is 5.22. The highest BCUT2D eigenvalue weighted by atomic mass is 32.1. The molecule has 0 saturated carbocycles. The maximum atomic E-state index is 12.6. The van der Waals surface area contributed by atoms with E-state index in [1.165, 1.54) is 0 Å². The normalized spacial score (nSPS) is 14.8. The van der Waals surface area contributed by atoms with Gasteiger partial charge in [-0.1, -0.05) is 18.2 Å². The average molecular weight is 372 g/mol. The van der Waals surface area contributed by atoms with E-state index in [4.69, 9.17) is 4.74 Å². The van der Waals surface area contributed by atoms with Gasteiger partial charge in [0.2, 0.25) is 11.8 Å². The Balaban J connectivity index is 1.54. The first kappa shape index (κ1) is 18.5. The van der Waals surface area contributed by atoms with E-state index in [-0.39, 0.29) is 11.8 Å². The average Bonchev–Trinajstić information content (AvgIpc) is 3.02. The zero-order valence-electron chi connectivity index (χ0n) is 15.0. The topological polar surface area (TPSA) is 49.9 Å². The molecule has 1 saturated heterocycles. The lowest BCUT2D eigenvalue weighted by Crippen LogP contribution is -2.38. The first-order valence-corrected chi connectivity index (χ1v) is 9.74. The molecule has 0 bridgehead atoms. The van der Waals surface area contributed by atoms with Crippen LogP contribution in [0.5, 0.6) is 5.75 Å². The third-order valence-electron chi connectivity index (χ3n) is 4.60. The lowest BCUT2D eigenvalue weighted by molar-refractivity contribution is -0.132. The minimum Gasteiger partial charge on any atom is -0.497 e. The lowest BCUT2D eigenvalue weighted by atomic mass is 10.1. The summed E-state index contributed by atoms with van der Waals surface area (Å²) >= 11 is 1.61. The number of methoxy groups -OCH3 is 1. The van der Waals surface area contributed by atoms with Crippen molar-refractivity contribution in [3.8, 4) is 5.75 Å². The third-order valence-corrected chi connectivity index (χ3v) is 5.47. The summed E-state index contributed by atoms with van der Waals surface area (Å²) in [6.07, 6.45) is 1.63. The molecule has 6 heteroatoms. The molecule has 0 unspecified atom stereocenters. The van der Waals surface area contributed by atoms with Crippen LogP contribution in [-0.2, 0) is 22.4 Å². The smallest absolute Gasteiger partial charge is 0.227 e. The van der Waals surface area contributed by atoms with E-state index in [1.54, 1.807) is 18.4 Å². The number of carbonyl (C=O) groups is 2. The van der Waals surface area contributed by atoms with Crippen molar-refractivity contribution in [2.75, 3.05) is 33.3 Å². The largest absolute Gasteiger partial charge is 0.497 e. The van der Waals surface area contributed by atoms with E-state index in [1.807, 2.05) is 51.6 Å². The van der Waals surface area contributed by atoms with E-state index in [9.17, 15) is 9.59 Å². The summed E-state index contributed by atoms with van der Waals surface area (Å²) in [6.45, 7) is 2.62. The molecule has 1 fully saturated rings. The van der Waals surface area contributed by atoms with Gasteiger partial charge in [-0.05, 0) is 35.6 Å². The Hall–Kier alpha value is -2.34. The molecule has 0 N–H and O–H groups in total. The molecule has 1 aromatic carbocycles. The van der Waals surface area contributed by atoms with Gasteiger partial charge in [0.15, 0.2) is 0 Å². The number of ether oxygens (including phenoxy) is 1. The second-order valence-corrected chi connectivity index (χ2v) is 7.43. The molecular formula is C20H24N2O3S. The van der Waals surface area contributed by atoms with Crippen molar-refractivity contribution in [3.63, 3.8) is 0 Å². The van der Waals surface area contributed by atoms with E-state index in [2.05, 4.69) is 0 Å². The van der Waals surface area contributed by atoms with Crippen LogP contribution >= 0.6 is 11.3 Å². The summed E-state index contributed by atoms with van der Waals surface area (Å²) in [5.74, 6) is 1.01. The van der Waals surface area contributed by atoms with Gasteiger partial charge >= 0.3 is 0 Å². The van der Waals surface area contributed by atoms with E-state index in [0.717, 1.165) is 22.6 Å². The number of nitrogens with zero attached hydrogens (tertiary/aromatic N) is 2. The van der Waals surface area contributed by atoms with Gasteiger partial charge < -0.3 is 14.5 Å². The van der Waals surface area contributed by atoms with Gasteiger partial charge in [0.25, 0.3) is 0 Å². The molecule has 1 aliphatic heterocycles. The van der Waals surface area contributed by atoms with Gasteiger partial charge in [0.1, 0.15) is 5.75 Å². The van der Waals surface area contributed by atoms with Crippen molar-refractivity contribution in [3.05, 3.63) is 52.2 Å². The van der Waals surface area contributed by atoms with E-state index in [0.29, 0.717) is 39.0 Å². The van der Waals surface area contributed by atoms with Crippen LogP contribution < -0.4 is 4.74 Å². The fourth-order valence-corrected chi connectivity index (χ4v) is 3.85. The third kappa shape index (κ3) is 4.85. The molecule has 2 aromatic rings. The molecule has 0 radical (unpaired) electrons. The molecule has 138 valence electrons. The molecule has 0 atom stereocenters. The van der Waals surface area contributed by atoms with Crippen LogP contribution in [0.15, 0.2) is 41.8 Å². The maximum absolute atomic E-state index is 12.6. The van der Waals surface area contributed by atoms with Crippen molar-refractivity contribution in [1.29, 1.82) is 0 Å². The molecule has 0 aliphatic carbocycles. The minimum absolute atomic E-state index is 0.103. The van der Waals surface area contributed by atoms with Gasteiger partial charge in [0.05, 0.1) is 20.0 Å². The van der Waals surface area contributed by atoms with Gasteiger partial charge in [0, 0.05) is 31.1 Å². The van der Waals surface area contributed by atoms with Gasteiger partial charge in [-0.15, -0.1) is 11.3 Å². The molecular weight excluding hydrogens is 348 g/mol. The summed E-state index contributed by atoms with van der Waals surface area (Å²) in [5, 5.41) is 1.99. The standard InChI is InChI=1S/C20H24N2O3S/c1-25-17-6-2-5-16(13-17)14-19(23)21-8-4-9-22(11-10-21)20(24)15-18-7-3-12-26-18/h2-3,5-7,12-13H,4,8-11,14-15H2,1H3. The number of amides is 2. The van der Waals surface area contributed by atoms with Crippen LogP contribution in [0.3, 0.4) is 0 Å². The summed E-state index contributed by atoms with van der Waals surface area (Å²) in [5.41, 5.74) is 0.948. The van der Waals surface area contributed by atoms with Gasteiger partial charge in [-0.25, -0.2) is 0 Å². The Bertz CT molecular complexity index is 745. The van der Waals surface area contributed by atoms with Crippen LogP contribution in [0.1, 0.15) is 16.9 Å².